The van der Waals surface area contributed by atoms with Gasteiger partial charge in [0.05, 0.1) is 12.6 Å². The summed E-state index contributed by atoms with van der Waals surface area (Å²) < 4.78 is 14.9. The number of carbonyl (C=O) groups is 2. The Morgan fingerprint density at radius 1 is 1.04 bits per heavy atom. The molecule has 0 radical (unpaired) electrons. The van der Waals surface area contributed by atoms with Crippen LogP contribution in [-0.2, 0) is 16.1 Å². The van der Waals surface area contributed by atoms with Crippen molar-refractivity contribution < 1.29 is 23.5 Å². The van der Waals surface area contributed by atoms with Crippen molar-refractivity contribution in [3.05, 3.63) is 65.7 Å². The van der Waals surface area contributed by atoms with Crippen LogP contribution >= 0.6 is 0 Å². The van der Waals surface area contributed by atoms with Crippen molar-refractivity contribution in [1.82, 2.24) is 4.98 Å². The Morgan fingerprint density at radius 3 is 2.70 bits per heavy atom. The van der Waals surface area contributed by atoms with Gasteiger partial charge >= 0.3 is 11.9 Å². The summed E-state index contributed by atoms with van der Waals surface area (Å²) in [6.45, 7) is -0.0929. The maximum atomic E-state index is 12.0. The summed E-state index contributed by atoms with van der Waals surface area (Å²) >= 11 is 0. The highest BCUT2D eigenvalue weighted by Gasteiger charge is 2.14. The molecule has 0 saturated carbocycles. The molecule has 0 N–H and O–H groups in total. The van der Waals surface area contributed by atoms with Gasteiger partial charge < -0.3 is 13.9 Å². The zero-order valence-electron chi connectivity index (χ0n) is 12.3. The number of hydrogen-bond acceptors (Lipinski definition) is 6. The fourth-order valence-corrected chi connectivity index (χ4v) is 2.06. The minimum Gasteiger partial charge on any atom is -0.463 e. The lowest BCUT2D eigenvalue weighted by Crippen LogP contribution is -2.07. The summed E-state index contributed by atoms with van der Waals surface area (Å²) in [7, 11) is 1.26. The van der Waals surface area contributed by atoms with E-state index < -0.39 is 11.9 Å². The van der Waals surface area contributed by atoms with Gasteiger partial charge in [0.25, 0.3) is 0 Å². The van der Waals surface area contributed by atoms with Crippen LogP contribution in [0.15, 0.2) is 52.9 Å². The maximum Gasteiger partial charge on any atom is 0.373 e. The molecule has 116 valence electrons. The van der Waals surface area contributed by atoms with Gasteiger partial charge in [-0.25, -0.2) is 14.6 Å². The molecule has 23 heavy (non-hydrogen) atoms. The molecule has 0 aliphatic heterocycles. The number of aromatic nitrogens is 1. The van der Waals surface area contributed by atoms with Crippen molar-refractivity contribution >= 4 is 22.8 Å². The third-order valence-electron chi connectivity index (χ3n) is 3.20. The van der Waals surface area contributed by atoms with E-state index in [1.165, 1.54) is 13.2 Å². The molecule has 0 amide bonds. The van der Waals surface area contributed by atoms with Crippen LogP contribution in [0.25, 0.3) is 10.9 Å². The summed E-state index contributed by atoms with van der Waals surface area (Å²) in [5.74, 6) is -0.743. The molecule has 0 aliphatic carbocycles. The molecule has 1 aromatic carbocycles. The molecule has 0 bridgehead atoms. The molecule has 6 heteroatoms. The van der Waals surface area contributed by atoms with Gasteiger partial charge in [0.1, 0.15) is 18.1 Å². The SMILES string of the molecule is COC(=O)c1ccc(COC(=O)c2ccc3ccccc3n2)o1. The minimum atomic E-state index is -0.584. The largest absolute Gasteiger partial charge is 0.463 e. The number of fused-ring (bicyclic) bond motifs is 1. The van der Waals surface area contributed by atoms with Gasteiger partial charge in [-0.2, -0.15) is 0 Å². The molecule has 6 nitrogen and oxygen atoms in total. The van der Waals surface area contributed by atoms with Crippen LogP contribution in [0.4, 0.5) is 0 Å². The first-order valence-electron chi connectivity index (χ1n) is 6.87. The highest BCUT2D eigenvalue weighted by molar-refractivity contribution is 5.91. The minimum absolute atomic E-state index is 0.0578. The van der Waals surface area contributed by atoms with Crippen LogP contribution in [0.3, 0.4) is 0 Å². The number of methoxy groups -OCH3 is 1. The Hall–Kier alpha value is -3.15. The highest BCUT2D eigenvalue weighted by Crippen LogP contribution is 2.14. The first-order valence-corrected chi connectivity index (χ1v) is 6.87. The van der Waals surface area contributed by atoms with E-state index in [1.54, 1.807) is 18.2 Å². The third kappa shape index (κ3) is 3.21. The Kier molecular flexibility index (Phi) is 4.05. The lowest BCUT2D eigenvalue weighted by Gasteiger charge is -2.03. The van der Waals surface area contributed by atoms with E-state index in [1.807, 2.05) is 24.3 Å². The lowest BCUT2D eigenvalue weighted by atomic mass is 10.2. The molecule has 0 fully saturated rings. The van der Waals surface area contributed by atoms with Crippen LogP contribution in [0.2, 0.25) is 0 Å². The third-order valence-corrected chi connectivity index (χ3v) is 3.20. The quantitative estimate of drug-likeness (QED) is 0.689. The van der Waals surface area contributed by atoms with Crippen molar-refractivity contribution in [3.63, 3.8) is 0 Å². The number of esters is 2. The number of pyridine rings is 1. The molecule has 0 atom stereocenters. The molecular formula is C17H13NO5. The molecule has 0 saturated heterocycles. The smallest absolute Gasteiger partial charge is 0.373 e. The molecule has 0 unspecified atom stereocenters. The van der Waals surface area contributed by atoms with Gasteiger partial charge in [-0.3, -0.25) is 0 Å². The predicted octanol–water partition coefficient (Wildman–Crippen LogP) is 2.97. The standard InChI is InChI=1S/C17H13NO5/c1-21-17(20)15-9-7-12(23-15)10-22-16(19)14-8-6-11-4-2-3-5-13(11)18-14/h2-9H,10H2,1H3. The summed E-state index contributed by atoms with van der Waals surface area (Å²) in [6.07, 6.45) is 0. The lowest BCUT2D eigenvalue weighted by molar-refractivity contribution is 0.0432. The summed E-state index contributed by atoms with van der Waals surface area (Å²) in [6, 6.07) is 13.9. The number of hydrogen-bond donors (Lipinski definition) is 0. The number of furan rings is 1. The van der Waals surface area contributed by atoms with Crippen LogP contribution in [0, 0.1) is 0 Å². The van der Waals surface area contributed by atoms with Crippen LogP contribution in [0.1, 0.15) is 26.8 Å². The van der Waals surface area contributed by atoms with E-state index in [-0.39, 0.29) is 18.1 Å². The molecule has 2 aromatic heterocycles. The molecule has 3 aromatic rings. The van der Waals surface area contributed by atoms with Gasteiger partial charge in [0.2, 0.25) is 5.76 Å². The second-order valence-corrected chi connectivity index (χ2v) is 4.72. The van der Waals surface area contributed by atoms with E-state index >= 15 is 0 Å². The first kappa shape index (κ1) is 14.8. The van der Waals surface area contributed by atoms with Gasteiger partial charge in [-0.15, -0.1) is 0 Å². The molecule has 2 heterocycles. The number of benzene rings is 1. The Morgan fingerprint density at radius 2 is 1.87 bits per heavy atom. The van der Waals surface area contributed by atoms with Crippen molar-refractivity contribution in [2.45, 2.75) is 6.61 Å². The number of para-hydroxylation sites is 1. The maximum absolute atomic E-state index is 12.0. The Bertz CT molecular complexity index is 868. The Labute approximate surface area is 131 Å². The van der Waals surface area contributed by atoms with Crippen LogP contribution in [-0.4, -0.2) is 24.0 Å². The zero-order chi connectivity index (χ0) is 16.2. The van der Waals surface area contributed by atoms with Gasteiger partial charge in [-0.1, -0.05) is 24.3 Å². The fourth-order valence-electron chi connectivity index (χ4n) is 2.06. The number of nitrogens with zero attached hydrogens (tertiary/aromatic N) is 1. The number of rotatable bonds is 4. The van der Waals surface area contributed by atoms with Crippen molar-refractivity contribution in [1.29, 1.82) is 0 Å². The number of ether oxygens (including phenoxy) is 2. The molecular weight excluding hydrogens is 298 g/mol. The van der Waals surface area contributed by atoms with E-state index in [0.29, 0.717) is 11.3 Å². The summed E-state index contributed by atoms with van der Waals surface area (Å²) in [5.41, 5.74) is 0.927. The summed E-state index contributed by atoms with van der Waals surface area (Å²) in [5, 5.41) is 0.942. The van der Waals surface area contributed by atoms with Crippen LogP contribution in [0.5, 0.6) is 0 Å². The topological polar surface area (TPSA) is 78.6 Å². The van der Waals surface area contributed by atoms with E-state index in [2.05, 4.69) is 9.72 Å². The average Bonchev–Trinajstić information content (AvgIpc) is 3.07. The van der Waals surface area contributed by atoms with Gasteiger partial charge in [-0.05, 0) is 24.3 Å². The number of carbonyl (C=O) groups excluding carboxylic acids is 2. The van der Waals surface area contributed by atoms with Crippen molar-refractivity contribution in [3.8, 4) is 0 Å². The monoisotopic (exact) mass is 311 g/mol. The molecule has 3 rings (SSSR count). The van der Waals surface area contributed by atoms with Crippen molar-refractivity contribution in [2.75, 3.05) is 7.11 Å². The van der Waals surface area contributed by atoms with E-state index in [4.69, 9.17) is 9.15 Å². The molecule has 0 spiro atoms. The second-order valence-electron chi connectivity index (χ2n) is 4.72. The second kappa shape index (κ2) is 6.31. The highest BCUT2D eigenvalue weighted by atomic mass is 16.6. The predicted molar refractivity (Wildman–Crippen MR) is 80.9 cm³/mol. The van der Waals surface area contributed by atoms with Gasteiger partial charge in [0.15, 0.2) is 0 Å². The van der Waals surface area contributed by atoms with E-state index in [9.17, 15) is 9.59 Å². The summed E-state index contributed by atoms with van der Waals surface area (Å²) in [4.78, 5) is 27.6. The van der Waals surface area contributed by atoms with E-state index in [0.717, 1.165) is 5.39 Å². The fraction of sp³-hybridized carbons (Fsp3) is 0.118. The normalized spacial score (nSPS) is 10.5. The Balaban J connectivity index is 1.68. The van der Waals surface area contributed by atoms with Gasteiger partial charge in [0, 0.05) is 5.39 Å². The van der Waals surface area contributed by atoms with Crippen LogP contribution < -0.4 is 0 Å². The van der Waals surface area contributed by atoms with Crippen molar-refractivity contribution in [2.24, 2.45) is 0 Å². The zero-order valence-corrected chi connectivity index (χ0v) is 12.3. The molecule has 0 aliphatic rings. The first-order chi connectivity index (χ1) is 11.2. The average molecular weight is 311 g/mol.